The molecule has 2 bridgehead atoms. The molecule has 3 aromatic rings. The molecule has 3 aliphatic carbocycles. The zero-order chi connectivity index (χ0) is 17.7. The van der Waals surface area contributed by atoms with Crippen LogP contribution in [0.1, 0.15) is 40.5 Å². The van der Waals surface area contributed by atoms with Crippen LogP contribution < -0.4 is 5.32 Å². The van der Waals surface area contributed by atoms with Crippen LogP contribution in [0, 0.1) is 11.7 Å². The molecule has 0 saturated carbocycles. The largest absolute Gasteiger partial charge is 0.326 e. The molecule has 2 nitrogen and oxygen atoms in total. The van der Waals surface area contributed by atoms with Gasteiger partial charge in [-0.15, -0.1) is 0 Å². The van der Waals surface area contributed by atoms with Crippen LogP contribution in [0.15, 0.2) is 72.8 Å². The molecular weight excluding hydrogens is 325 g/mol. The Bertz CT molecular complexity index is 948. The van der Waals surface area contributed by atoms with Gasteiger partial charge in [0.25, 0.3) is 0 Å². The molecule has 0 aliphatic heterocycles. The van der Waals surface area contributed by atoms with Crippen molar-refractivity contribution in [3.63, 3.8) is 0 Å². The highest BCUT2D eigenvalue weighted by Crippen LogP contribution is 2.55. The lowest BCUT2D eigenvalue weighted by Gasteiger charge is -2.44. The summed E-state index contributed by atoms with van der Waals surface area (Å²) in [5.41, 5.74) is 5.87. The Morgan fingerprint density at radius 3 is 1.92 bits per heavy atom. The third kappa shape index (κ3) is 2.27. The maximum atomic E-state index is 13.1. The third-order valence-corrected chi connectivity index (χ3v) is 5.75. The summed E-state index contributed by atoms with van der Waals surface area (Å²) in [6, 6.07) is 22.9. The number of carbonyl (C=O) groups is 1. The van der Waals surface area contributed by atoms with Gasteiger partial charge in [0.1, 0.15) is 5.82 Å². The fraction of sp³-hybridized carbons (Fsp3) is 0.174. The number of amides is 1. The van der Waals surface area contributed by atoms with E-state index in [1.807, 2.05) is 0 Å². The molecule has 0 radical (unpaired) electrons. The van der Waals surface area contributed by atoms with Gasteiger partial charge in [0, 0.05) is 17.5 Å². The van der Waals surface area contributed by atoms with Crippen molar-refractivity contribution in [2.75, 3.05) is 5.32 Å². The van der Waals surface area contributed by atoms with E-state index in [9.17, 15) is 9.18 Å². The summed E-state index contributed by atoms with van der Waals surface area (Å²) in [5, 5.41) is 2.98. The number of fused-ring (bicyclic) bond motifs is 1. The fourth-order valence-electron chi connectivity index (χ4n) is 4.66. The summed E-state index contributed by atoms with van der Waals surface area (Å²) in [6.07, 6.45) is 0.811. The van der Waals surface area contributed by atoms with Crippen LogP contribution in [0.5, 0.6) is 0 Å². The second-order valence-corrected chi connectivity index (χ2v) is 7.13. The number of nitrogens with one attached hydrogen (secondary N) is 1. The van der Waals surface area contributed by atoms with Gasteiger partial charge in [-0.3, -0.25) is 4.79 Å². The molecule has 0 unspecified atom stereocenters. The van der Waals surface area contributed by atoms with E-state index in [2.05, 4.69) is 53.8 Å². The lowest BCUT2D eigenvalue weighted by atomic mass is 9.59. The predicted molar refractivity (Wildman–Crippen MR) is 99.7 cm³/mol. The van der Waals surface area contributed by atoms with Gasteiger partial charge in [0.05, 0.1) is 5.92 Å². The van der Waals surface area contributed by atoms with Gasteiger partial charge in [0.15, 0.2) is 0 Å². The number of hydrogen-bond acceptors (Lipinski definition) is 1. The normalized spacial score (nSPS) is 22.4. The lowest BCUT2D eigenvalue weighted by molar-refractivity contribution is -0.121. The summed E-state index contributed by atoms with van der Waals surface area (Å²) >= 11 is 0. The van der Waals surface area contributed by atoms with Gasteiger partial charge in [-0.2, -0.15) is 0 Å². The Morgan fingerprint density at radius 1 is 0.808 bits per heavy atom. The lowest BCUT2D eigenvalue weighted by Crippen LogP contribution is -2.38. The van der Waals surface area contributed by atoms with Crippen LogP contribution in [0.3, 0.4) is 0 Å². The van der Waals surface area contributed by atoms with Crippen molar-refractivity contribution >= 4 is 11.6 Å². The van der Waals surface area contributed by atoms with Gasteiger partial charge < -0.3 is 5.32 Å². The first kappa shape index (κ1) is 15.3. The number of hydrogen-bond donors (Lipinski definition) is 1. The van der Waals surface area contributed by atoms with Crippen LogP contribution in [0.25, 0.3) is 0 Å². The molecule has 0 spiro atoms. The number of halogens is 1. The molecule has 3 aromatic carbocycles. The number of benzene rings is 3. The number of rotatable bonds is 2. The van der Waals surface area contributed by atoms with Crippen LogP contribution >= 0.6 is 0 Å². The van der Waals surface area contributed by atoms with Crippen LogP contribution in [0.2, 0.25) is 0 Å². The first-order valence-electron chi connectivity index (χ1n) is 8.96. The second-order valence-electron chi connectivity index (χ2n) is 7.13. The minimum absolute atomic E-state index is 0.00983. The monoisotopic (exact) mass is 343 g/mol. The van der Waals surface area contributed by atoms with E-state index in [-0.39, 0.29) is 29.5 Å². The molecule has 3 aliphatic rings. The van der Waals surface area contributed by atoms with E-state index < -0.39 is 0 Å². The quantitative estimate of drug-likeness (QED) is 0.692. The van der Waals surface area contributed by atoms with Crippen LogP contribution in [0.4, 0.5) is 10.1 Å². The Balaban J connectivity index is 1.54. The topological polar surface area (TPSA) is 29.1 Å². The number of carbonyl (C=O) groups excluding carboxylic acids is 1. The van der Waals surface area contributed by atoms with E-state index in [0.29, 0.717) is 5.69 Å². The van der Waals surface area contributed by atoms with E-state index in [0.717, 1.165) is 6.42 Å². The molecule has 0 heterocycles. The van der Waals surface area contributed by atoms with Gasteiger partial charge in [-0.25, -0.2) is 4.39 Å². The zero-order valence-corrected chi connectivity index (χ0v) is 14.2. The minimum atomic E-state index is -0.303. The summed E-state index contributed by atoms with van der Waals surface area (Å²) < 4.78 is 13.1. The first-order chi connectivity index (χ1) is 12.7. The summed E-state index contributed by atoms with van der Waals surface area (Å²) in [5.74, 6) is -0.0720. The van der Waals surface area contributed by atoms with Gasteiger partial charge in [-0.1, -0.05) is 48.5 Å². The molecule has 1 amide bonds. The Kier molecular flexibility index (Phi) is 3.42. The molecule has 0 saturated heterocycles. The van der Waals surface area contributed by atoms with Crippen molar-refractivity contribution in [2.45, 2.75) is 18.3 Å². The van der Waals surface area contributed by atoms with Crippen LogP contribution in [-0.2, 0) is 4.79 Å². The van der Waals surface area contributed by atoms with E-state index >= 15 is 0 Å². The maximum Gasteiger partial charge on any atom is 0.228 e. The molecule has 128 valence electrons. The molecule has 0 fully saturated rings. The molecule has 3 heteroatoms. The standard InChI is InChI=1S/C23H18FNO/c24-14-9-11-15(12-10-14)25-23(26)21-13-20-16-5-1-3-7-18(16)22(21)19-8-4-2-6-17(19)20/h1-12,20-22H,13H2,(H,25,26)/t20?,21-,22?/m0/s1. The van der Waals surface area contributed by atoms with Crippen molar-refractivity contribution in [2.24, 2.45) is 5.92 Å². The molecule has 6 rings (SSSR count). The van der Waals surface area contributed by atoms with Crippen LogP contribution in [-0.4, -0.2) is 5.91 Å². The molecule has 1 atom stereocenters. The smallest absolute Gasteiger partial charge is 0.228 e. The van der Waals surface area contributed by atoms with E-state index in [4.69, 9.17) is 0 Å². The van der Waals surface area contributed by atoms with Gasteiger partial charge >= 0.3 is 0 Å². The number of anilines is 1. The highest BCUT2D eigenvalue weighted by Gasteiger charge is 2.45. The highest BCUT2D eigenvalue weighted by atomic mass is 19.1. The van der Waals surface area contributed by atoms with Gasteiger partial charge in [0.2, 0.25) is 5.91 Å². The Morgan fingerprint density at radius 2 is 1.35 bits per heavy atom. The highest BCUT2D eigenvalue weighted by molar-refractivity contribution is 5.94. The zero-order valence-electron chi connectivity index (χ0n) is 14.2. The average molecular weight is 343 g/mol. The predicted octanol–water partition coefficient (Wildman–Crippen LogP) is 5.06. The minimum Gasteiger partial charge on any atom is -0.326 e. The second kappa shape index (κ2) is 5.80. The molecule has 26 heavy (non-hydrogen) atoms. The van der Waals surface area contributed by atoms with E-state index in [1.54, 1.807) is 12.1 Å². The fourth-order valence-corrected chi connectivity index (χ4v) is 4.66. The van der Waals surface area contributed by atoms with Crippen molar-refractivity contribution < 1.29 is 9.18 Å². The molecule has 1 N–H and O–H groups in total. The van der Waals surface area contributed by atoms with E-state index in [1.165, 1.54) is 34.4 Å². The molecular formula is C23H18FNO. The molecule has 0 aromatic heterocycles. The Hall–Kier alpha value is -2.94. The third-order valence-electron chi connectivity index (χ3n) is 5.75. The van der Waals surface area contributed by atoms with Crippen molar-refractivity contribution in [1.82, 2.24) is 0 Å². The van der Waals surface area contributed by atoms with Crippen molar-refractivity contribution in [3.8, 4) is 0 Å². The summed E-state index contributed by atoms with van der Waals surface area (Å²) in [6.45, 7) is 0. The Labute approximate surface area is 151 Å². The summed E-state index contributed by atoms with van der Waals surface area (Å²) in [4.78, 5) is 13.1. The first-order valence-corrected chi connectivity index (χ1v) is 8.96. The van der Waals surface area contributed by atoms with Crippen molar-refractivity contribution in [1.29, 1.82) is 0 Å². The SMILES string of the molecule is O=C(Nc1ccc(F)cc1)[C@H]1CC2c3ccccc3C1c1ccccc12. The maximum absolute atomic E-state index is 13.1. The summed E-state index contributed by atoms with van der Waals surface area (Å²) in [7, 11) is 0. The van der Waals surface area contributed by atoms with Crippen molar-refractivity contribution in [3.05, 3.63) is 101 Å². The van der Waals surface area contributed by atoms with Gasteiger partial charge in [-0.05, 0) is 52.9 Å². The average Bonchev–Trinajstić information content (AvgIpc) is 2.69.